The van der Waals surface area contributed by atoms with Crippen molar-refractivity contribution >= 4 is 37.5 Å². The molecule has 3 N–H and O–H groups in total. The third-order valence-electron chi connectivity index (χ3n) is 3.72. The van der Waals surface area contributed by atoms with Gasteiger partial charge in [-0.2, -0.15) is 0 Å². The summed E-state index contributed by atoms with van der Waals surface area (Å²) in [6.45, 7) is 8.05. The minimum absolute atomic E-state index is 0.351. The summed E-state index contributed by atoms with van der Waals surface area (Å²) in [7, 11) is 0. The van der Waals surface area contributed by atoms with E-state index in [-0.39, 0.29) is 0 Å². The summed E-state index contributed by atoms with van der Waals surface area (Å²) in [6.07, 6.45) is 4.03. The second kappa shape index (κ2) is 7.59. The topological polar surface area (TPSA) is 41.3 Å². The van der Waals surface area contributed by atoms with Crippen LogP contribution in [0.2, 0.25) is 0 Å². The molecule has 0 aromatic heterocycles. The van der Waals surface area contributed by atoms with Crippen LogP contribution in [0.1, 0.15) is 24.4 Å². The molecule has 0 spiro atoms. The second-order valence-corrected chi connectivity index (χ2v) is 6.83. The Balaban J connectivity index is 2.31. The zero-order valence-electron chi connectivity index (χ0n) is 11.5. The Morgan fingerprint density at radius 1 is 1.35 bits per heavy atom. The number of nitrogens with one attached hydrogen (secondary N) is 1. The molecular formula is C15H21Br2N3. The first-order valence-electron chi connectivity index (χ1n) is 6.93. The average Bonchev–Trinajstić information content (AvgIpc) is 2.45. The fourth-order valence-electron chi connectivity index (χ4n) is 2.68. The molecule has 0 radical (unpaired) electrons. The predicted octanol–water partition coefficient (Wildman–Crippen LogP) is 3.71. The van der Waals surface area contributed by atoms with Gasteiger partial charge in [-0.25, -0.2) is 0 Å². The van der Waals surface area contributed by atoms with Crippen molar-refractivity contribution in [2.24, 2.45) is 0 Å². The Labute approximate surface area is 137 Å². The second-order valence-electron chi connectivity index (χ2n) is 5.06. The van der Waals surface area contributed by atoms with Crippen molar-refractivity contribution in [3.8, 4) is 0 Å². The minimum atomic E-state index is 0.351. The van der Waals surface area contributed by atoms with E-state index in [1.54, 1.807) is 0 Å². The third kappa shape index (κ3) is 3.85. The maximum Gasteiger partial charge on any atom is 0.0507 e. The lowest BCUT2D eigenvalue weighted by molar-refractivity contribution is 0.166. The Kier molecular flexibility index (Phi) is 6.08. The van der Waals surface area contributed by atoms with E-state index in [0.29, 0.717) is 6.04 Å². The molecule has 110 valence electrons. The molecule has 20 heavy (non-hydrogen) atoms. The summed E-state index contributed by atoms with van der Waals surface area (Å²) in [5.41, 5.74) is 8.35. The van der Waals surface area contributed by atoms with Crippen LogP contribution in [0.3, 0.4) is 0 Å². The molecule has 5 heteroatoms. The average molecular weight is 403 g/mol. The van der Waals surface area contributed by atoms with Gasteiger partial charge in [0.2, 0.25) is 0 Å². The summed E-state index contributed by atoms with van der Waals surface area (Å²) < 4.78 is 2.02. The molecule has 0 unspecified atom stereocenters. The van der Waals surface area contributed by atoms with Gasteiger partial charge in [-0.15, -0.1) is 6.58 Å². The zero-order chi connectivity index (χ0) is 14.5. The molecular weight excluding hydrogens is 382 g/mol. The fourth-order valence-corrected chi connectivity index (χ4v) is 3.94. The molecule has 1 saturated heterocycles. The summed E-state index contributed by atoms with van der Waals surface area (Å²) in [6, 6.07) is 4.50. The molecule has 1 aromatic carbocycles. The quantitative estimate of drug-likeness (QED) is 0.582. The van der Waals surface area contributed by atoms with Crippen LogP contribution < -0.4 is 11.1 Å². The monoisotopic (exact) mass is 401 g/mol. The van der Waals surface area contributed by atoms with Crippen molar-refractivity contribution in [2.75, 3.05) is 31.9 Å². The molecule has 0 saturated carbocycles. The molecule has 1 atom stereocenters. The highest BCUT2D eigenvalue weighted by molar-refractivity contribution is 9.11. The van der Waals surface area contributed by atoms with Crippen molar-refractivity contribution in [3.63, 3.8) is 0 Å². The van der Waals surface area contributed by atoms with E-state index in [2.05, 4.69) is 54.7 Å². The first-order valence-corrected chi connectivity index (χ1v) is 8.52. The molecule has 0 aliphatic carbocycles. The summed E-state index contributed by atoms with van der Waals surface area (Å²) in [5.74, 6) is 0. The number of nitrogen functional groups attached to an aromatic ring is 1. The number of rotatable bonds is 5. The summed E-state index contributed by atoms with van der Waals surface area (Å²) in [4.78, 5) is 2.52. The normalized spacial score (nSPS) is 17.9. The number of hydrogen-bond donors (Lipinski definition) is 2. The van der Waals surface area contributed by atoms with Crippen molar-refractivity contribution in [2.45, 2.75) is 18.9 Å². The summed E-state index contributed by atoms with van der Waals surface area (Å²) >= 11 is 7.12. The Morgan fingerprint density at radius 3 is 2.70 bits per heavy atom. The van der Waals surface area contributed by atoms with Crippen molar-refractivity contribution in [1.82, 2.24) is 10.2 Å². The van der Waals surface area contributed by atoms with Gasteiger partial charge in [0, 0.05) is 41.2 Å². The molecule has 2 rings (SSSR count). The molecule has 1 heterocycles. The van der Waals surface area contributed by atoms with Crippen LogP contribution in [0, 0.1) is 0 Å². The number of hydrogen-bond acceptors (Lipinski definition) is 3. The molecule has 1 aliphatic rings. The van der Waals surface area contributed by atoms with Gasteiger partial charge in [0.15, 0.2) is 0 Å². The lowest BCUT2D eigenvalue weighted by Gasteiger charge is -2.36. The van der Waals surface area contributed by atoms with Gasteiger partial charge in [-0.1, -0.05) is 22.0 Å². The van der Waals surface area contributed by atoms with E-state index in [0.717, 1.165) is 53.7 Å². The first-order chi connectivity index (χ1) is 9.63. The molecule has 1 aliphatic heterocycles. The number of halogens is 2. The maximum absolute atomic E-state index is 6.29. The number of piperazine rings is 1. The van der Waals surface area contributed by atoms with Gasteiger partial charge in [0.05, 0.1) is 5.69 Å². The summed E-state index contributed by atoms with van der Waals surface area (Å²) in [5, 5.41) is 3.40. The molecule has 0 bridgehead atoms. The number of nitrogens with zero attached hydrogens (tertiary/aromatic N) is 1. The maximum atomic E-state index is 6.29. The van der Waals surface area contributed by atoms with Crippen LogP contribution in [0.5, 0.6) is 0 Å². The predicted molar refractivity (Wildman–Crippen MR) is 92.9 cm³/mol. The SMILES string of the molecule is C=CCC[C@@H](c1cc(Br)cc(Br)c1N)N1CCNCC1. The molecule has 1 fully saturated rings. The van der Waals surface area contributed by atoms with E-state index in [1.807, 2.05) is 12.1 Å². The standard InChI is InChI=1S/C15H21Br2N3/c1-2-3-4-14(20-7-5-19-6-8-20)12-9-11(16)10-13(17)15(12)18/h2,9-10,14,19H,1,3-8,18H2/t14-/m0/s1. The van der Waals surface area contributed by atoms with Crippen molar-refractivity contribution in [3.05, 3.63) is 39.3 Å². The Morgan fingerprint density at radius 2 is 2.05 bits per heavy atom. The van der Waals surface area contributed by atoms with Crippen molar-refractivity contribution < 1.29 is 0 Å². The van der Waals surface area contributed by atoms with E-state index >= 15 is 0 Å². The van der Waals surface area contributed by atoms with E-state index in [4.69, 9.17) is 5.73 Å². The van der Waals surface area contributed by atoms with E-state index < -0.39 is 0 Å². The van der Waals surface area contributed by atoms with Crippen LogP contribution in [0.15, 0.2) is 33.7 Å². The van der Waals surface area contributed by atoms with Gasteiger partial charge in [-0.05, 0) is 46.5 Å². The first kappa shape index (κ1) is 16.0. The molecule has 1 aromatic rings. The lowest BCUT2D eigenvalue weighted by atomic mass is 9.98. The number of benzene rings is 1. The third-order valence-corrected chi connectivity index (χ3v) is 4.84. The zero-order valence-corrected chi connectivity index (χ0v) is 14.7. The number of anilines is 1. The van der Waals surface area contributed by atoms with Gasteiger partial charge < -0.3 is 11.1 Å². The van der Waals surface area contributed by atoms with Crippen LogP contribution >= 0.6 is 31.9 Å². The number of allylic oxidation sites excluding steroid dienone is 1. The van der Waals surface area contributed by atoms with Gasteiger partial charge in [-0.3, -0.25) is 4.90 Å². The van der Waals surface area contributed by atoms with Crippen LogP contribution in [-0.4, -0.2) is 31.1 Å². The van der Waals surface area contributed by atoms with Gasteiger partial charge in [0.1, 0.15) is 0 Å². The van der Waals surface area contributed by atoms with Crippen LogP contribution in [-0.2, 0) is 0 Å². The number of nitrogens with two attached hydrogens (primary N) is 1. The van der Waals surface area contributed by atoms with Gasteiger partial charge >= 0.3 is 0 Å². The van der Waals surface area contributed by atoms with Gasteiger partial charge in [0.25, 0.3) is 0 Å². The fraction of sp³-hybridized carbons (Fsp3) is 0.467. The van der Waals surface area contributed by atoms with E-state index in [9.17, 15) is 0 Å². The minimum Gasteiger partial charge on any atom is -0.398 e. The largest absolute Gasteiger partial charge is 0.398 e. The Hall–Kier alpha value is -0.360. The van der Waals surface area contributed by atoms with Crippen LogP contribution in [0.4, 0.5) is 5.69 Å². The highest BCUT2D eigenvalue weighted by atomic mass is 79.9. The molecule has 0 amide bonds. The highest BCUT2D eigenvalue weighted by Gasteiger charge is 2.24. The van der Waals surface area contributed by atoms with Crippen LogP contribution in [0.25, 0.3) is 0 Å². The van der Waals surface area contributed by atoms with E-state index in [1.165, 1.54) is 5.56 Å². The lowest BCUT2D eigenvalue weighted by Crippen LogP contribution is -2.45. The van der Waals surface area contributed by atoms with Crippen molar-refractivity contribution in [1.29, 1.82) is 0 Å². The Bertz CT molecular complexity index is 470. The highest BCUT2D eigenvalue weighted by Crippen LogP contribution is 2.36. The molecule has 3 nitrogen and oxygen atoms in total. The smallest absolute Gasteiger partial charge is 0.0507 e.